The van der Waals surface area contributed by atoms with Crippen molar-refractivity contribution >= 4 is 33.0 Å². The zero-order valence-corrected chi connectivity index (χ0v) is 19.8. The number of carbonyl (C=O) groups is 1. The molecule has 0 radical (unpaired) electrons. The summed E-state index contributed by atoms with van der Waals surface area (Å²) in [5.74, 6) is -0.145. The maximum atomic E-state index is 14.5. The van der Waals surface area contributed by atoms with E-state index in [1.165, 1.54) is 45.6 Å². The largest absolute Gasteiger partial charge is 0.493 e. The van der Waals surface area contributed by atoms with Crippen molar-refractivity contribution in [2.45, 2.75) is 10.8 Å². The van der Waals surface area contributed by atoms with Crippen LogP contribution in [0.15, 0.2) is 58.1 Å². The first-order chi connectivity index (χ1) is 15.8. The fraction of sp³-hybridized carbons (Fsp3) is 0.227. The lowest BCUT2D eigenvalue weighted by atomic mass is 10.1. The third-order valence-electron chi connectivity index (χ3n) is 4.66. The van der Waals surface area contributed by atoms with Gasteiger partial charge in [0.05, 0.1) is 27.0 Å². The van der Waals surface area contributed by atoms with E-state index in [4.69, 9.17) is 14.2 Å². The van der Waals surface area contributed by atoms with Crippen LogP contribution in [-0.4, -0.2) is 42.2 Å². The number of carbonyl (C=O) groups excluding carboxylic acids is 1. The molecular formula is C22H23FN2O6S2. The van der Waals surface area contributed by atoms with Crippen molar-refractivity contribution < 1.29 is 31.8 Å². The van der Waals surface area contributed by atoms with Gasteiger partial charge in [0.2, 0.25) is 11.7 Å². The molecule has 0 saturated carbocycles. The molecular weight excluding hydrogens is 471 g/mol. The molecule has 3 rings (SSSR count). The number of anilines is 1. The SMILES string of the molecule is COc1cc(CNC(=O)CN(c2ccccc2F)S(=O)(=O)c2cccs2)cc(OC)c1OC. The predicted octanol–water partition coefficient (Wildman–Crippen LogP) is 3.42. The second-order valence-corrected chi connectivity index (χ2v) is 9.74. The number of hydrogen-bond donors (Lipinski definition) is 1. The Kier molecular flexibility index (Phi) is 7.77. The monoisotopic (exact) mass is 494 g/mol. The molecule has 2 aromatic carbocycles. The summed E-state index contributed by atoms with van der Waals surface area (Å²) in [6.45, 7) is -0.550. The number of rotatable bonds is 10. The normalized spacial score (nSPS) is 11.0. The molecule has 0 aliphatic carbocycles. The minimum absolute atomic E-state index is 0.00294. The summed E-state index contributed by atoms with van der Waals surface area (Å²) < 4.78 is 57.4. The van der Waals surface area contributed by atoms with Crippen LogP contribution in [0.25, 0.3) is 0 Å². The zero-order chi connectivity index (χ0) is 24.0. The average molecular weight is 495 g/mol. The molecule has 0 spiro atoms. The lowest BCUT2D eigenvalue weighted by Crippen LogP contribution is -2.40. The first-order valence-corrected chi connectivity index (χ1v) is 12.0. The molecule has 1 aromatic heterocycles. The van der Waals surface area contributed by atoms with Crippen molar-refractivity contribution in [1.82, 2.24) is 5.32 Å². The molecule has 1 heterocycles. The molecule has 1 amide bonds. The standard InChI is InChI=1S/C22H23FN2O6S2/c1-29-18-11-15(12-19(30-2)22(18)31-3)13-24-20(26)14-25(17-8-5-4-7-16(17)23)33(27,28)21-9-6-10-32-21/h4-12H,13-14H2,1-3H3,(H,24,26). The number of hydrogen-bond acceptors (Lipinski definition) is 7. The summed E-state index contributed by atoms with van der Waals surface area (Å²) in [5.41, 5.74) is 0.422. The number of sulfonamides is 1. The van der Waals surface area contributed by atoms with Gasteiger partial charge < -0.3 is 19.5 Å². The number of para-hydroxylation sites is 1. The molecule has 1 N–H and O–H groups in total. The molecule has 11 heteroatoms. The molecule has 0 saturated heterocycles. The van der Waals surface area contributed by atoms with E-state index < -0.39 is 28.3 Å². The van der Waals surface area contributed by atoms with Gasteiger partial charge in [-0.15, -0.1) is 11.3 Å². The van der Waals surface area contributed by atoms with Gasteiger partial charge in [0.25, 0.3) is 10.0 Å². The van der Waals surface area contributed by atoms with Gasteiger partial charge in [0, 0.05) is 6.54 Å². The van der Waals surface area contributed by atoms with Gasteiger partial charge in [-0.2, -0.15) is 0 Å². The van der Waals surface area contributed by atoms with Crippen molar-refractivity contribution in [3.63, 3.8) is 0 Å². The number of methoxy groups -OCH3 is 3. The number of nitrogens with zero attached hydrogens (tertiary/aromatic N) is 1. The Hall–Kier alpha value is -3.31. The zero-order valence-electron chi connectivity index (χ0n) is 18.2. The number of thiophene rings is 1. The summed E-state index contributed by atoms with van der Waals surface area (Å²) in [6.07, 6.45) is 0. The Morgan fingerprint density at radius 2 is 1.70 bits per heavy atom. The van der Waals surface area contributed by atoms with Gasteiger partial charge in [-0.3, -0.25) is 9.10 Å². The van der Waals surface area contributed by atoms with E-state index in [0.29, 0.717) is 22.8 Å². The molecule has 33 heavy (non-hydrogen) atoms. The van der Waals surface area contributed by atoms with Crippen LogP contribution in [0.1, 0.15) is 5.56 Å². The van der Waals surface area contributed by atoms with E-state index >= 15 is 0 Å². The lowest BCUT2D eigenvalue weighted by molar-refractivity contribution is -0.119. The van der Waals surface area contributed by atoms with Gasteiger partial charge in [0.15, 0.2) is 11.5 Å². The second kappa shape index (κ2) is 10.5. The molecule has 8 nitrogen and oxygen atoms in total. The Balaban J connectivity index is 1.83. The maximum absolute atomic E-state index is 14.5. The van der Waals surface area contributed by atoms with E-state index in [-0.39, 0.29) is 16.4 Å². The minimum Gasteiger partial charge on any atom is -0.493 e. The van der Waals surface area contributed by atoms with Crippen molar-refractivity contribution in [3.05, 3.63) is 65.3 Å². The van der Waals surface area contributed by atoms with Crippen LogP contribution in [-0.2, 0) is 21.4 Å². The number of benzene rings is 2. The molecule has 3 aromatic rings. The topological polar surface area (TPSA) is 94.2 Å². The predicted molar refractivity (Wildman–Crippen MR) is 123 cm³/mol. The van der Waals surface area contributed by atoms with Gasteiger partial charge in [-0.05, 0) is 41.3 Å². The molecule has 0 aliphatic rings. The highest BCUT2D eigenvalue weighted by molar-refractivity contribution is 7.94. The number of halogens is 1. The average Bonchev–Trinajstić information content (AvgIpc) is 3.37. The van der Waals surface area contributed by atoms with Crippen LogP contribution in [0.4, 0.5) is 10.1 Å². The van der Waals surface area contributed by atoms with Gasteiger partial charge in [0.1, 0.15) is 16.6 Å². The second-order valence-electron chi connectivity index (χ2n) is 6.71. The summed E-state index contributed by atoms with van der Waals surface area (Å²) in [4.78, 5) is 12.7. The van der Waals surface area contributed by atoms with E-state index in [0.717, 1.165) is 21.7 Å². The molecule has 0 bridgehead atoms. The number of nitrogens with one attached hydrogen (secondary N) is 1. The van der Waals surface area contributed by atoms with Crippen LogP contribution < -0.4 is 23.8 Å². The number of ether oxygens (including phenoxy) is 3. The minimum atomic E-state index is -4.15. The third kappa shape index (κ3) is 5.37. The van der Waals surface area contributed by atoms with Gasteiger partial charge >= 0.3 is 0 Å². The van der Waals surface area contributed by atoms with E-state index in [1.807, 2.05) is 0 Å². The maximum Gasteiger partial charge on any atom is 0.274 e. The van der Waals surface area contributed by atoms with Crippen LogP contribution in [0, 0.1) is 5.82 Å². The molecule has 0 fully saturated rings. The van der Waals surface area contributed by atoms with E-state index in [2.05, 4.69) is 5.32 Å². The Morgan fingerprint density at radius 3 is 2.24 bits per heavy atom. The molecule has 0 unspecified atom stereocenters. The lowest BCUT2D eigenvalue weighted by Gasteiger charge is -2.23. The van der Waals surface area contributed by atoms with Crippen molar-refractivity contribution in [2.24, 2.45) is 0 Å². The Labute approximate surface area is 195 Å². The van der Waals surface area contributed by atoms with Crippen molar-refractivity contribution in [1.29, 1.82) is 0 Å². The van der Waals surface area contributed by atoms with Gasteiger partial charge in [-0.1, -0.05) is 18.2 Å². The first-order valence-electron chi connectivity index (χ1n) is 9.68. The highest BCUT2D eigenvalue weighted by atomic mass is 32.2. The van der Waals surface area contributed by atoms with Crippen LogP contribution in [0.2, 0.25) is 0 Å². The first kappa shape index (κ1) is 24.3. The molecule has 0 atom stereocenters. The molecule has 176 valence electrons. The Morgan fingerprint density at radius 1 is 1.03 bits per heavy atom. The highest BCUT2D eigenvalue weighted by Crippen LogP contribution is 2.38. The smallest absolute Gasteiger partial charge is 0.274 e. The van der Waals surface area contributed by atoms with Crippen LogP contribution in [0.5, 0.6) is 17.2 Å². The fourth-order valence-electron chi connectivity index (χ4n) is 3.10. The third-order valence-corrected chi connectivity index (χ3v) is 7.79. The van der Waals surface area contributed by atoms with Crippen molar-refractivity contribution in [2.75, 3.05) is 32.2 Å². The van der Waals surface area contributed by atoms with Crippen LogP contribution in [0.3, 0.4) is 0 Å². The van der Waals surface area contributed by atoms with Crippen LogP contribution >= 0.6 is 11.3 Å². The van der Waals surface area contributed by atoms with E-state index in [9.17, 15) is 17.6 Å². The summed E-state index contributed by atoms with van der Waals surface area (Å²) >= 11 is 0.984. The highest BCUT2D eigenvalue weighted by Gasteiger charge is 2.29. The summed E-state index contributed by atoms with van der Waals surface area (Å²) in [5, 5.41) is 4.25. The summed E-state index contributed by atoms with van der Waals surface area (Å²) in [6, 6.07) is 11.7. The van der Waals surface area contributed by atoms with Crippen molar-refractivity contribution in [3.8, 4) is 17.2 Å². The summed E-state index contributed by atoms with van der Waals surface area (Å²) in [7, 11) is 0.279. The van der Waals surface area contributed by atoms with E-state index in [1.54, 1.807) is 23.6 Å². The number of amides is 1. The Bertz CT molecular complexity index is 1190. The molecule has 0 aliphatic heterocycles. The quantitative estimate of drug-likeness (QED) is 0.464. The fourth-order valence-corrected chi connectivity index (χ4v) is 5.63. The van der Waals surface area contributed by atoms with Gasteiger partial charge in [-0.25, -0.2) is 12.8 Å².